The second-order valence-electron chi connectivity index (χ2n) is 7.15. The van der Waals surface area contributed by atoms with Gasteiger partial charge in [-0.3, -0.25) is 0 Å². The minimum absolute atomic E-state index is 0.0585. The van der Waals surface area contributed by atoms with Gasteiger partial charge in [-0.15, -0.1) is 0 Å². The molecule has 1 aromatic heterocycles. The normalized spacial score (nSPS) is 11.6. The number of rotatable bonds is 10. The average molecular weight is 448 g/mol. The molecule has 1 heterocycles. The summed E-state index contributed by atoms with van der Waals surface area (Å²) < 4.78 is 50.9. The fraction of sp³-hybridized carbons (Fsp3) is 0.318. The summed E-state index contributed by atoms with van der Waals surface area (Å²) in [6.07, 6.45) is 0.780. The Hall–Kier alpha value is -2.91. The minimum Gasteiger partial charge on any atom is -0.494 e. The highest BCUT2D eigenvalue weighted by atomic mass is 32.2. The van der Waals surface area contributed by atoms with E-state index in [2.05, 4.69) is 10.3 Å². The molecule has 0 bridgehead atoms. The number of oxazole rings is 1. The molecular weight excluding hydrogens is 421 g/mol. The molecule has 0 aliphatic carbocycles. The van der Waals surface area contributed by atoms with Crippen LogP contribution in [0.3, 0.4) is 0 Å². The SMILES string of the molecule is CCOc1ccc(-c2nc(S(=O)(=O)c3ccc(F)cc3)c(NCCCN(C)C)o2)cc1. The number of sulfone groups is 1. The Morgan fingerprint density at radius 1 is 1.10 bits per heavy atom. The fourth-order valence-corrected chi connectivity index (χ4v) is 4.19. The van der Waals surface area contributed by atoms with Crippen molar-refractivity contribution in [2.45, 2.75) is 23.3 Å². The molecule has 0 saturated carbocycles. The Bertz CT molecular complexity index is 1090. The lowest BCUT2D eigenvalue weighted by Gasteiger charge is -2.10. The van der Waals surface area contributed by atoms with Gasteiger partial charge in [0.25, 0.3) is 0 Å². The molecule has 166 valence electrons. The van der Waals surface area contributed by atoms with Crippen molar-refractivity contribution in [3.63, 3.8) is 0 Å². The summed E-state index contributed by atoms with van der Waals surface area (Å²) >= 11 is 0. The Balaban J connectivity index is 1.96. The third kappa shape index (κ3) is 5.62. The number of benzene rings is 2. The lowest BCUT2D eigenvalue weighted by atomic mass is 10.2. The third-order valence-electron chi connectivity index (χ3n) is 4.45. The first-order valence-corrected chi connectivity index (χ1v) is 11.4. The van der Waals surface area contributed by atoms with Crippen LogP contribution >= 0.6 is 0 Å². The number of aromatic nitrogens is 1. The quantitative estimate of drug-likeness (QED) is 0.370. The van der Waals surface area contributed by atoms with Crippen LogP contribution in [0.15, 0.2) is 62.9 Å². The predicted octanol–water partition coefficient (Wildman–Crippen LogP) is 4.08. The van der Waals surface area contributed by atoms with Crippen molar-refractivity contribution in [2.75, 3.05) is 39.1 Å². The average Bonchev–Trinajstić information content (AvgIpc) is 3.17. The summed E-state index contributed by atoms with van der Waals surface area (Å²) in [4.78, 5) is 6.25. The van der Waals surface area contributed by atoms with Crippen molar-refractivity contribution in [3.05, 3.63) is 54.3 Å². The van der Waals surface area contributed by atoms with E-state index in [9.17, 15) is 12.8 Å². The van der Waals surface area contributed by atoms with Crippen LogP contribution in [0.5, 0.6) is 5.75 Å². The van der Waals surface area contributed by atoms with E-state index < -0.39 is 15.7 Å². The highest BCUT2D eigenvalue weighted by Crippen LogP contribution is 2.33. The largest absolute Gasteiger partial charge is 0.494 e. The molecule has 0 aliphatic heterocycles. The lowest BCUT2D eigenvalue weighted by Crippen LogP contribution is -2.17. The number of nitrogens with one attached hydrogen (secondary N) is 1. The van der Waals surface area contributed by atoms with E-state index in [1.54, 1.807) is 24.3 Å². The number of ether oxygens (including phenoxy) is 1. The maximum Gasteiger partial charge on any atom is 0.233 e. The van der Waals surface area contributed by atoms with Gasteiger partial charge in [0.15, 0.2) is 0 Å². The Morgan fingerprint density at radius 3 is 2.39 bits per heavy atom. The van der Waals surface area contributed by atoms with E-state index >= 15 is 0 Å². The molecule has 0 spiro atoms. The zero-order valence-corrected chi connectivity index (χ0v) is 18.6. The molecule has 1 N–H and O–H groups in total. The summed E-state index contributed by atoms with van der Waals surface area (Å²) in [6.45, 7) is 3.76. The molecule has 0 fully saturated rings. The molecule has 0 unspecified atom stereocenters. The zero-order valence-electron chi connectivity index (χ0n) is 17.8. The van der Waals surface area contributed by atoms with Crippen molar-refractivity contribution < 1.29 is 22.0 Å². The molecule has 0 amide bonds. The van der Waals surface area contributed by atoms with Gasteiger partial charge in [-0.25, -0.2) is 12.8 Å². The highest BCUT2D eigenvalue weighted by molar-refractivity contribution is 7.91. The summed E-state index contributed by atoms with van der Waals surface area (Å²) in [5, 5.41) is 2.82. The van der Waals surface area contributed by atoms with E-state index in [4.69, 9.17) is 9.15 Å². The summed E-state index contributed by atoms with van der Waals surface area (Å²) in [5.41, 5.74) is 0.611. The molecule has 0 saturated heterocycles. The first-order chi connectivity index (χ1) is 14.8. The summed E-state index contributed by atoms with van der Waals surface area (Å²) in [5.74, 6) is 0.404. The second-order valence-corrected chi connectivity index (χ2v) is 9.02. The Morgan fingerprint density at radius 2 is 1.77 bits per heavy atom. The molecule has 3 rings (SSSR count). The second kappa shape index (κ2) is 9.93. The molecule has 9 heteroatoms. The maximum atomic E-state index is 13.3. The molecule has 0 atom stereocenters. The standard InChI is InChI=1S/C22H26FN3O4S/c1-4-29-18-10-6-16(7-11-18)20-25-22(21(30-20)24-14-5-15-26(2)3)31(27,28)19-12-8-17(23)9-13-19/h6-13,24H,4-5,14-15H2,1-3H3. The molecule has 31 heavy (non-hydrogen) atoms. The van der Waals surface area contributed by atoms with Crippen molar-refractivity contribution in [1.29, 1.82) is 0 Å². The summed E-state index contributed by atoms with van der Waals surface area (Å²) in [7, 11) is -0.0905. The molecule has 0 radical (unpaired) electrons. The van der Waals surface area contributed by atoms with Gasteiger partial charge in [0.05, 0.1) is 11.5 Å². The highest BCUT2D eigenvalue weighted by Gasteiger charge is 2.28. The van der Waals surface area contributed by atoms with Crippen LogP contribution in [0.4, 0.5) is 10.3 Å². The van der Waals surface area contributed by atoms with Crippen LogP contribution in [0.1, 0.15) is 13.3 Å². The predicted molar refractivity (Wildman–Crippen MR) is 117 cm³/mol. The van der Waals surface area contributed by atoms with Crippen LogP contribution in [-0.2, 0) is 9.84 Å². The minimum atomic E-state index is -4.01. The van der Waals surface area contributed by atoms with Crippen molar-refractivity contribution in [3.8, 4) is 17.2 Å². The molecular formula is C22H26FN3O4S. The van der Waals surface area contributed by atoms with Gasteiger partial charge < -0.3 is 19.4 Å². The number of halogens is 1. The Labute approximate surface area is 181 Å². The van der Waals surface area contributed by atoms with Crippen LogP contribution in [0, 0.1) is 5.82 Å². The van der Waals surface area contributed by atoms with E-state index in [0.717, 1.165) is 25.1 Å². The van der Waals surface area contributed by atoms with Gasteiger partial charge >= 0.3 is 0 Å². The number of nitrogens with zero attached hydrogens (tertiary/aromatic N) is 2. The lowest BCUT2D eigenvalue weighted by molar-refractivity contribution is 0.340. The van der Waals surface area contributed by atoms with Gasteiger partial charge in [-0.2, -0.15) is 4.98 Å². The summed E-state index contributed by atoms with van der Waals surface area (Å²) in [6, 6.07) is 11.7. The molecule has 2 aromatic carbocycles. The topological polar surface area (TPSA) is 84.7 Å². The van der Waals surface area contributed by atoms with Crippen LogP contribution in [0.2, 0.25) is 0 Å². The third-order valence-corrected chi connectivity index (χ3v) is 6.13. The van der Waals surface area contributed by atoms with E-state index in [1.807, 2.05) is 25.9 Å². The van der Waals surface area contributed by atoms with Crippen molar-refractivity contribution in [2.24, 2.45) is 0 Å². The van der Waals surface area contributed by atoms with E-state index in [1.165, 1.54) is 12.1 Å². The van der Waals surface area contributed by atoms with Gasteiger partial charge in [0.1, 0.15) is 11.6 Å². The van der Waals surface area contributed by atoms with Gasteiger partial charge in [0.2, 0.25) is 26.6 Å². The molecule has 0 aliphatic rings. The maximum absolute atomic E-state index is 13.3. The van der Waals surface area contributed by atoms with Gasteiger partial charge in [0, 0.05) is 12.1 Å². The fourth-order valence-electron chi connectivity index (χ4n) is 2.91. The number of hydrogen-bond acceptors (Lipinski definition) is 7. The van der Waals surface area contributed by atoms with E-state index in [0.29, 0.717) is 24.5 Å². The van der Waals surface area contributed by atoms with Crippen LogP contribution in [0.25, 0.3) is 11.5 Å². The number of hydrogen-bond donors (Lipinski definition) is 1. The van der Waals surface area contributed by atoms with Gasteiger partial charge in [-0.05, 0) is 82.5 Å². The molecule has 7 nitrogen and oxygen atoms in total. The van der Waals surface area contributed by atoms with Crippen molar-refractivity contribution in [1.82, 2.24) is 9.88 Å². The first-order valence-electron chi connectivity index (χ1n) is 9.94. The zero-order chi connectivity index (χ0) is 22.4. The van der Waals surface area contributed by atoms with Crippen molar-refractivity contribution >= 4 is 15.7 Å². The monoisotopic (exact) mass is 447 g/mol. The van der Waals surface area contributed by atoms with Crippen LogP contribution < -0.4 is 10.1 Å². The Kier molecular flexibility index (Phi) is 7.29. The number of anilines is 1. The first kappa shape index (κ1) is 22.8. The van der Waals surface area contributed by atoms with Gasteiger partial charge in [-0.1, -0.05) is 0 Å². The van der Waals surface area contributed by atoms with Crippen LogP contribution in [-0.4, -0.2) is 52.1 Å². The smallest absolute Gasteiger partial charge is 0.233 e. The molecule has 3 aromatic rings. The van der Waals surface area contributed by atoms with E-state index in [-0.39, 0.29) is 21.7 Å².